The first-order chi connectivity index (χ1) is 64.0. The fourth-order valence-electron chi connectivity index (χ4n) is 15.3. The standard InChI is InChI=1S/4C18H15P.C4H4ClN3.C4H4N3.9C4H9.Pd.3Sn/c4*1-4-10-16(11-5-1)19(17-12-6-2-7-13-17)18-14-8-3-9-15-18;5-3-1-7-2-4(6)8-3;5-4-3-6-1-2-7-4;9*1-3-4-2;;;;/h4*1-15H;1-2H,(H2,6,8);1,3H,(H2,5,7);9*1,3-4H2,2H3;;;;. The van der Waals surface area contributed by atoms with E-state index < -0.39 is 89.6 Å². The average Bonchev–Trinajstić information content (AvgIpc) is 0.821. The Kier molecular flexibility index (Phi) is 62.1. The summed E-state index contributed by atoms with van der Waals surface area (Å²) in [5.74, 6) is 0.950. The molecule has 0 saturated heterocycles. The second-order valence-corrected chi connectivity index (χ2v) is 72.1. The molecule has 2 heterocycles. The number of nitrogen functional groups attached to an aromatic ring is 2. The molecule has 131 heavy (non-hydrogen) atoms. The van der Waals surface area contributed by atoms with Crippen molar-refractivity contribution in [3.8, 4) is 0 Å². The Morgan fingerprint density at radius 3 is 0.527 bits per heavy atom. The van der Waals surface area contributed by atoms with Gasteiger partial charge in [-0.05, 0) is 95.3 Å². The zero-order valence-corrected chi connectivity index (χ0v) is 94.4. The number of nitrogens with two attached hydrogens (primary N) is 2. The third-order valence-corrected chi connectivity index (χ3v) is 65.5. The van der Waals surface area contributed by atoms with Crippen molar-refractivity contribution < 1.29 is 20.4 Å². The zero-order valence-electron chi connectivity index (χ0n) is 80.0. The van der Waals surface area contributed by atoms with Crippen LogP contribution in [-0.4, -0.2) is 77.8 Å². The summed E-state index contributed by atoms with van der Waals surface area (Å²) in [5, 5.41) is 17.1. The Bertz CT molecular complexity index is 4090. The molecule has 0 amide bonds. The van der Waals surface area contributed by atoms with Crippen LogP contribution in [0.2, 0.25) is 45.1 Å². The van der Waals surface area contributed by atoms with Crippen molar-refractivity contribution in [3.05, 3.63) is 394 Å². The summed E-state index contributed by atoms with van der Waals surface area (Å²) in [6.07, 6.45) is 32.2. The Morgan fingerprint density at radius 1 is 0.229 bits per heavy atom. The molecule has 4 N–H and O–H groups in total. The van der Waals surface area contributed by atoms with Gasteiger partial charge in [0.15, 0.2) is 0 Å². The molecular formula is C116H149ClN6P4PdSn3. The van der Waals surface area contributed by atoms with Crippen molar-refractivity contribution >= 4 is 180 Å². The maximum atomic E-state index is 5.90. The molecule has 14 rings (SSSR count). The van der Waals surface area contributed by atoms with Crippen LogP contribution in [-0.2, 0) is 20.4 Å². The van der Waals surface area contributed by atoms with E-state index >= 15 is 0 Å². The molecule has 12 aromatic carbocycles. The van der Waals surface area contributed by atoms with Crippen molar-refractivity contribution in [2.75, 3.05) is 11.5 Å². The third kappa shape index (κ3) is 44.4. The summed E-state index contributed by atoms with van der Waals surface area (Å²) in [5.41, 5.74) is 11.1. The van der Waals surface area contributed by atoms with E-state index in [1.165, 1.54) is 209 Å². The monoisotopic (exact) mass is 2250 g/mol. The first kappa shape index (κ1) is 113. The second kappa shape index (κ2) is 71.9. The van der Waals surface area contributed by atoms with E-state index in [1.54, 1.807) is 32.8 Å². The van der Waals surface area contributed by atoms with Gasteiger partial charge in [0.25, 0.3) is 0 Å². The topological polar surface area (TPSA) is 104 Å². The Morgan fingerprint density at radius 2 is 0.389 bits per heavy atom. The van der Waals surface area contributed by atoms with Crippen molar-refractivity contribution in [1.82, 2.24) is 19.9 Å². The normalized spacial score (nSPS) is 10.7. The van der Waals surface area contributed by atoms with Crippen LogP contribution in [0.25, 0.3) is 0 Å². The molecule has 2 radical (unpaired) electrons. The molecular weight excluding hydrogens is 2100 g/mol. The Hall–Kier alpha value is -6.53. The van der Waals surface area contributed by atoms with E-state index in [1.807, 2.05) is 6.20 Å². The van der Waals surface area contributed by atoms with Gasteiger partial charge in [-0.2, -0.15) is 0 Å². The van der Waals surface area contributed by atoms with Gasteiger partial charge in [-0.25, -0.2) is 4.98 Å². The van der Waals surface area contributed by atoms with Crippen molar-refractivity contribution in [1.29, 1.82) is 0 Å². The van der Waals surface area contributed by atoms with Crippen LogP contribution >= 0.6 is 43.3 Å². The average molecular weight is 2250 g/mol. The maximum Gasteiger partial charge on any atom is 0.149 e. The summed E-state index contributed by atoms with van der Waals surface area (Å²) >= 11 is 1.32. The fourth-order valence-corrected chi connectivity index (χ4v) is 58.8. The van der Waals surface area contributed by atoms with Crippen LogP contribution in [0, 0.1) is 0 Å². The molecule has 0 spiro atoms. The van der Waals surface area contributed by atoms with Crippen molar-refractivity contribution in [2.45, 2.75) is 218 Å². The minimum atomic E-state index is -2.39. The molecule has 0 bridgehead atoms. The van der Waals surface area contributed by atoms with Crippen LogP contribution in [0.3, 0.4) is 0 Å². The summed E-state index contributed by atoms with van der Waals surface area (Å²) in [6, 6.07) is 129. The maximum absolute atomic E-state index is 5.90. The molecule has 0 aliphatic heterocycles. The van der Waals surface area contributed by atoms with Gasteiger partial charge < -0.3 is 5.73 Å². The van der Waals surface area contributed by atoms with E-state index in [0.29, 0.717) is 16.8 Å². The van der Waals surface area contributed by atoms with Gasteiger partial charge in [-0.1, -0.05) is 376 Å². The molecule has 0 saturated carbocycles. The van der Waals surface area contributed by atoms with Crippen LogP contribution in [0.15, 0.2) is 389 Å². The summed E-state index contributed by atoms with van der Waals surface area (Å²) in [4.78, 5) is 16.4. The van der Waals surface area contributed by atoms with Gasteiger partial charge in [0.2, 0.25) is 0 Å². The molecule has 692 valence electrons. The molecule has 0 aliphatic rings. The Balaban J connectivity index is 0.000000233. The fraction of sp³-hybridized carbons (Fsp3) is 0.310. The largest absolute Gasteiger partial charge is 0.382 e. The number of rotatable bonds is 40. The molecule has 2 aromatic heterocycles. The Labute approximate surface area is 835 Å². The number of aromatic nitrogens is 4. The van der Waals surface area contributed by atoms with Crippen LogP contribution < -0.4 is 78.8 Å². The van der Waals surface area contributed by atoms with E-state index in [4.69, 9.17) is 28.1 Å². The quantitative estimate of drug-likeness (QED) is 0.0293. The van der Waals surface area contributed by atoms with Gasteiger partial charge >= 0.3 is 313 Å². The van der Waals surface area contributed by atoms with Gasteiger partial charge in [-0.15, -0.1) is 0 Å². The first-order valence-corrected chi connectivity index (χ1v) is 73.6. The van der Waals surface area contributed by atoms with Crippen molar-refractivity contribution in [2.24, 2.45) is 0 Å². The molecule has 0 unspecified atom stereocenters. The van der Waals surface area contributed by atoms with E-state index in [2.05, 4.69) is 441 Å². The smallest absolute Gasteiger partial charge is 0.149 e. The molecule has 0 fully saturated rings. The predicted molar refractivity (Wildman–Crippen MR) is 593 cm³/mol. The third-order valence-electron chi connectivity index (χ3n) is 22.3. The summed E-state index contributed by atoms with van der Waals surface area (Å²) < 4.78 is 15.7. The SMILES string of the molecule is CCC[CH2][Sn]([CH2]CCC)([CH2]CCC)[c]1cncc(N)n1.CCC[CH2][Sn]([CH2]CCC)[CH2]CCC.CCC[CH2][Sn]([CH2]CCC)[CH2]CCC.Nc1cncc(Cl)n1.[Pd].c1ccc(P(c2ccccc2)c2ccccc2)cc1.c1ccc(P(c2ccccc2)c2ccccc2)cc1.c1ccc(P(c2ccccc2)c2ccccc2)cc1.c1ccc(P(c2ccccc2)c2ccccc2)cc1. The van der Waals surface area contributed by atoms with E-state index in [-0.39, 0.29) is 20.4 Å². The molecule has 6 nitrogen and oxygen atoms in total. The minimum absolute atomic E-state index is 0. The zero-order chi connectivity index (χ0) is 92.4. The van der Waals surface area contributed by atoms with E-state index in [9.17, 15) is 0 Å². The van der Waals surface area contributed by atoms with Gasteiger partial charge in [-0.3, -0.25) is 4.98 Å². The minimum Gasteiger partial charge on any atom is -0.382 e. The summed E-state index contributed by atoms with van der Waals surface area (Å²) in [7, 11) is -1.78. The number of hydrogen-bond donors (Lipinski definition) is 2. The van der Waals surface area contributed by atoms with Crippen molar-refractivity contribution in [3.63, 3.8) is 0 Å². The number of unbranched alkanes of at least 4 members (excludes halogenated alkanes) is 9. The number of nitrogens with zero attached hydrogens (tertiary/aromatic N) is 4. The van der Waals surface area contributed by atoms with Crippen LogP contribution in [0.4, 0.5) is 11.6 Å². The number of anilines is 2. The van der Waals surface area contributed by atoms with Crippen LogP contribution in [0.1, 0.15) is 178 Å². The molecule has 14 aromatic rings. The number of hydrogen-bond acceptors (Lipinski definition) is 6. The summed E-state index contributed by atoms with van der Waals surface area (Å²) in [6.45, 7) is 20.9. The van der Waals surface area contributed by atoms with Gasteiger partial charge in [0, 0.05) is 20.4 Å². The molecule has 15 heteroatoms. The van der Waals surface area contributed by atoms with Gasteiger partial charge in [0.05, 0.1) is 12.4 Å². The van der Waals surface area contributed by atoms with E-state index in [0.717, 1.165) is 0 Å². The number of benzene rings is 12. The predicted octanol–water partition coefficient (Wildman–Crippen LogP) is 28.4. The van der Waals surface area contributed by atoms with Gasteiger partial charge in [0.1, 0.15) is 11.0 Å². The number of halogens is 1. The first-order valence-electron chi connectivity index (χ1n) is 48.3. The molecule has 0 aliphatic carbocycles. The second-order valence-electron chi connectivity index (χ2n) is 32.7. The van der Waals surface area contributed by atoms with Crippen LogP contribution in [0.5, 0.6) is 0 Å². The molecule has 0 atom stereocenters.